The van der Waals surface area contributed by atoms with Crippen molar-refractivity contribution in [2.75, 3.05) is 6.54 Å². The molecular formula is C16H22N4. The molecule has 0 amide bonds. The van der Waals surface area contributed by atoms with E-state index >= 15 is 0 Å². The standard InChI is InChI=1S/C16H22N4/c1-12-10-17-19-16(12)15-8-3-4-9-20(15)11-14-7-5-6-13(2)18-14/h5-7,10,15H,3-4,8-9,11H2,1-2H3,(H,17,19). The van der Waals surface area contributed by atoms with E-state index in [9.17, 15) is 0 Å². The molecule has 3 rings (SSSR count). The largest absolute Gasteiger partial charge is 0.289 e. The second-order valence-corrected chi connectivity index (χ2v) is 5.72. The Morgan fingerprint density at radius 3 is 2.95 bits per heavy atom. The van der Waals surface area contributed by atoms with Gasteiger partial charge in [-0.2, -0.15) is 5.10 Å². The molecule has 0 aromatic carbocycles. The van der Waals surface area contributed by atoms with E-state index in [4.69, 9.17) is 0 Å². The third-order valence-corrected chi connectivity index (χ3v) is 4.13. The summed E-state index contributed by atoms with van der Waals surface area (Å²) < 4.78 is 0. The SMILES string of the molecule is Cc1cccc(CN2CCCCC2c2[nH]ncc2C)n1. The number of aryl methyl sites for hydroxylation is 2. The summed E-state index contributed by atoms with van der Waals surface area (Å²) >= 11 is 0. The fourth-order valence-corrected chi connectivity index (χ4v) is 3.10. The minimum atomic E-state index is 0.452. The molecule has 1 aliphatic heterocycles. The first-order valence-corrected chi connectivity index (χ1v) is 7.40. The lowest BCUT2D eigenvalue weighted by Crippen LogP contribution is -2.33. The minimum Gasteiger partial charge on any atom is -0.289 e. The van der Waals surface area contributed by atoms with Crippen LogP contribution >= 0.6 is 0 Å². The molecule has 0 bridgehead atoms. The molecule has 1 aliphatic rings. The first-order valence-electron chi connectivity index (χ1n) is 7.40. The summed E-state index contributed by atoms with van der Waals surface area (Å²) in [5, 5.41) is 7.38. The maximum atomic E-state index is 4.64. The number of rotatable bonds is 3. The Labute approximate surface area is 120 Å². The summed E-state index contributed by atoms with van der Waals surface area (Å²) in [4.78, 5) is 7.17. The van der Waals surface area contributed by atoms with E-state index in [1.54, 1.807) is 0 Å². The number of nitrogens with one attached hydrogen (secondary N) is 1. The molecule has 1 saturated heterocycles. The van der Waals surface area contributed by atoms with Gasteiger partial charge in [0, 0.05) is 12.2 Å². The van der Waals surface area contributed by atoms with Crippen molar-refractivity contribution in [3.8, 4) is 0 Å². The molecule has 1 N–H and O–H groups in total. The molecule has 106 valence electrons. The second-order valence-electron chi connectivity index (χ2n) is 5.72. The van der Waals surface area contributed by atoms with E-state index in [1.807, 2.05) is 6.20 Å². The number of H-pyrrole nitrogens is 1. The molecule has 1 fully saturated rings. The zero-order valence-corrected chi connectivity index (χ0v) is 12.3. The number of likely N-dealkylation sites (tertiary alicyclic amines) is 1. The van der Waals surface area contributed by atoms with Crippen LogP contribution in [0.1, 0.15) is 47.9 Å². The van der Waals surface area contributed by atoms with Gasteiger partial charge in [-0.1, -0.05) is 12.5 Å². The lowest BCUT2D eigenvalue weighted by atomic mass is 9.97. The van der Waals surface area contributed by atoms with Crippen molar-refractivity contribution < 1.29 is 0 Å². The number of aromatic nitrogens is 3. The van der Waals surface area contributed by atoms with Gasteiger partial charge < -0.3 is 0 Å². The molecule has 20 heavy (non-hydrogen) atoms. The third kappa shape index (κ3) is 2.75. The zero-order valence-electron chi connectivity index (χ0n) is 12.3. The van der Waals surface area contributed by atoms with Crippen LogP contribution in [0.5, 0.6) is 0 Å². The zero-order chi connectivity index (χ0) is 13.9. The van der Waals surface area contributed by atoms with Crippen LogP contribution < -0.4 is 0 Å². The third-order valence-electron chi connectivity index (χ3n) is 4.13. The number of hydrogen-bond donors (Lipinski definition) is 1. The highest BCUT2D eigenvalue weighted by molar-refractivity contribution is 5.19. The van der Waals surface area contributed by atoms with E-state index in [0.29, 0.717) is 6.04 Å². The van der Waals surface area contributed by atoms with Gasteiger partial charge in [0.05, 0.1) is 23.6 Å². The summed E-state index contributed by atoms with van der Waals surface area (Å²) in [6.07, 6.45) is 5.69. The van der Waals surface area contributed by atoms with E-state index < -0.39 is 0 Å². The van der Waals surface area contributed by atoms with Gasteiger partial charge >= 0.3 is 0 Å². The van der Waals surface area contributed by atoms with E-state index in [0.717, 1.165) is 24.5 Å². The molecule has 1 atom stereocenters. The quantitative estimate of drug-likeness (QED) is 0.932. The molecule has 0 spiro atoms. The first-order chi connectivity index (χ1) is 9.74. The monoisotopic (exact) mass is 270 g/mol. The molecule has 0 aliphatic carbocycles. The van der Waals surface area contributed by atoms with Crippen molar-refractivity contribution in [3.05, 3.63) is 47.0 Å². The number of nitrogens with zero attached hydrogens (tertiary/aromatic N) is 3. The van der Waals surface area contributed by atoms with Crippen LogP contribution in [0.3, 0.4) is 0 Å². The number of pyridine rings is 1. The van der Waals surface area contributed by atoms with Crippen LogP contribution in [0.4, 0.5) is 0 Å². The summed E-state index contributed by atoms with van der Waals surface area (Å²) in [5.41, 5.74) is 4.79. The maximum absolute atomic E-state index is 4.64. The lowest BCUT2D eigenvalue weighted by molar-refractivity contribution is 0.135. The smallest absolute Gasteiger partial charge is 0.0553 e. The van der Waals surface area contributed by atoms with Crippen LogP contribution in [0.2, 0.25) is 0 Å². The van der Waals surface area contributed by atoms with Gasteiger partial charge in [0.2, 0.25) is 0 Å². The van der Waals surface area contributed by atoms with Crippen molar-refractivity contribution in [3.63, 3.8) is 0 Å². The highest BCUT2D eigenvalue weighted by Crippen LogP contribution is 2.32. The molecule has 4 heteroatoms. The normalized spacial score (nSPS) is 20.2. The van der Waals surface area contributed by atoms with Gasteiger partial charge in [-0.05, 0) is 50.9 Å². The highest BCUT2D eigenvalue weighted by atomic mass is 15.2. The van der Waals surface area contributed by atoms with Crippen molar-refractivity contribution in [1.29, 1.82) is 0 Å². The van der Waals surface area contributed by atoms with E-state index in [1.165, 1.54) is 30.5 Å². The molecular weight excluding hydrogens is 248 g/mol. The molecule has 3 heterocycles. The summed E-state index contributed by atoms with van der Waals surface area (Å²) in [6, 6.07) is 6.72. The van der Waals surface area contributed by atoms with Crippen LogP contribution in [0.15, 0.2) is 24.4 Å². The van der Waals surface area contributed by atoms with Gasteiger partial charge in [0.1, 0.15) is 0 Å². The number of piperidine rings is 1. The van der Waals surface area contributed by atoms with Crippen LogP contribution in [-0.2, 0) is 6.54 Å². The molecule has 0 radical (unpaired) electrons. The van der Waals surface area contributed by atoms with Crippen molar-refractivity contribution in [2.45, 2.75) is 45.7 Å². The second kappa shape index (κ2) is 5.75. The fourth-order valence-electron chi connectivity index (χ4n) is 3.10. The number of hydrogen-bond acceptors (Lipinski definition) is 3. The van der Waals surface area contributed by atoms with Crippen LogP contribution in [-0.4, -0.2) is 26.6 Å². The van der Waals surface area contributed by atoms with Crippen molar-refractivity contribution >= 4 is 0 Å². The molecule has 2 aromatic heterocycles. The topological polar surface area (TPSA) is 44.8 Å². The average molecular weight is 270 g/mol. The summed E-state index contributed by atoms with van der Waals surface area (Å²) in [5.74, 6) is 0. The predicted octanol–water partition coefficient (Wildman–Crippen LogP) is 3.15. The van der Waals surface area contributed by atoms with E-state index in [-0.39, 0.29) is 0 Å². The maximum Gasteiger partial charge on any atom is 0.0553 e. The Morgan fingerprint density at radius 1 is 1.30 bits per heavy atom. The highest BCUT2D eigenvalue weighted by Gasteiger charge is 2.26. The Kier molecular flexibility index (Phi) is 3.83. The van der Waals surface area contributed by atoms with E-state index in [2.05, 4.69) is 52.1 Å². The molecule has 4 nitrogen and oxygen atoms in total. The van der Waals surface area contributed by atoms with Gasteiger partial charge in [0.25, 0.3) is 0 Å². The summed E-state index contributed by atoms with van der Waals surface area (Å²) in [7, 11) is 0. The Balaban J connectivity index is 1.81. The minimum absolute atomic E-state index is 0.452. The van der Waals surface area contributed by atoms with Crippen LogP contribution in [0, 0.1) is 13.8 Å². The van der Waals surface area contributed by atoms with Gasteiger partial charge in [-0.25, -0.2) is 0 Å². The van der Waals surface area contributed by atoms with Crippen molar-refractivity contribution in [2.24, 2.45) is 0 Å². The average Bonchev–Trinajstić information content (AvgIpc) is 2.86. The predicted molar refractivity (Wildman–Crippen MR) is 79.3 cm³/mol. The van der Waals surface area contributed by atoms with Gasteiger partial charge in [0.15, 0.2) is 0 Å². The van der Waals surface area contributed by atoms with Gasteiger partial charge in [-0.3, -0.25) is 15.0 Å². The Morgan fingerprint density at radius 2 is 2.20 bits per heavy atom. The Bertz CT molecular complexity index is 575. The number of aromatic amines is 1. The summed E-state index contributed by atoms with van der Waals surface area (Å²) in [6.45, 7) is 6.25. The van der Waals surface area contributed by atoms with Crippen molar-refractivity contribution in [1.82, 2.24) is 20.1 Å². The first kappa shape index (κ1) is 13.3. The fraction of sp³-hybridized carbons (Fsp3) is 0.500. The molecule has 1 unspecified atom stereocenters. The molecule has 2 aromatic rings. The lowest BCUT2D eigenvalue weighted by Gasteiger charge is -2.35. The van der Waals surface area contributed by atoms with Gasteiger partial charge in [-0.15, -0.1) is 0 Å². The van der Waals surface area contributed by atoms with Crippen LogP contribution in [0.25, 0.3) is 0 Å². The molecule has 0 saturated carbocycles. The Hall–Kier alpha value is -1.68.